The van der Waals surface area contributed by atoms with E-state index in [0.29, 0.717) is 58.8 Å². The number of hydrogen-bond donors (Lipinski definition) is 1. The molecular weight excluding hydrogens is 623 g/mol. The molecule has 9 nitrogen and oxygen atoms in total. The van der Waals surface area contributed by atoms with E-state index in [-0.39, 0.29) is 11.6 Å². The predicted octanol–water partition coefficient (Wildman–Crippen LogP) is 8.32. The lowest BCUT2D eigenvalue weighted by Gasteiger charge is -2.31. The van der Waals surface area contributed by atoms with E-state index >= 15 is 0 Å². The van der Waals surface area contributed by atoms with Crippen molar-refractivity contribution in [2.24, 2.45) is 0 Å². The van der Waals surface area contributed by atoms with Crippen molar-refractivity contribution in [3.05, 3.63) is 126 Å². The summed E-state index contributed by atoms with van der Waals surface area (Å²) >= 11 is 1.44. The van der Waals surface area contributed by atoms with Gasteiger partial charge in [-0.3, -0.25) is 10.1 Å². The van der Waals surface area contributed by atoms with E-state index < -0.39 is 11.6 Å². The van der Waals surface area contributed by atoms with Crippen molar-refractivity contribution < 1.29 is 19.1 Å². The van der Waals surface area contributed by atoms with Crippen LogP contribution >= 0.6 is 11.3 Å². The monoisotopic (exact) mass is 655 g/mol. The van der Waals surface area contributed by atoms with E-state index in [0.717, 1.165) is 21.3 Å². The SMILES string of the molecule is CC(C)(C)OC(=O)c1nc(N2CCc3cccc(C(=O)Nc4nc5ccccc5s4)c3C2)ccc1-c1ccnc(Oc2ccccc2)c1. The summed E-state index contributed by atoms with van der Waals surface area (Å²) < 4.78 is 12.8. The van der Waals surface area contributed by atoms with Crippen LogP contribution in [0.15, 0.2) is 103 Å². The zero-order valence-corrected chi connectivity index (χ0v) is 27.6. The lowest BCUT2D eigenvalue weighted by molar-refractivity contribution is 0.00638. The quantitative estimate of drug-likeness (QED) is 0.171. The summed E-state index contributed by atoms with van der Waals surface area (Å²) in [6, 6.07) is 30.4. The van der Waals surface area contributed by atoms with Crippen molar-refractivity contribution >= 4 is 44.4 Å². The van der Waals surface area contributed by atoms with Crippen molar-refractivity contribution in [1.29, 1.82) is 0 Å². The molecule has 1 N–H and O–H groups in total. The van der Waals surface area contributed by atoms with Gasteiger partial charge in [0, 0.05) is 36.5 Å². The summed E-state index contributed by atoms with van der Waals surface area (Å²) in [5.41, 5.74) is 4.24. The number of esters is 1. The number of nitrogens with one attached hydrogen (secondary N) is 1. The Balaban J connectivity index is 1.19. The number of aromatic nitrogens is 3. The van der Waals surface area contributed by atoms with Gasteiger partial charge < -0.3 is 14.4 Å². The van der Waals surface area contributed by atoms with E-state index in [1.165, 1.54) is 11.3 Å². The summed E-state index contributed by atoms with van der Waals surface area (Å²) in [6.45, 7) is 6.60. The molecule has 0 bridgehead atoms. The Kier molecular flexibility index (Phi) is 8.33. The van der Waals surface area contributed by atoms with E-state index in [9.17, 15) is 9.59 Å². The van der Waals surface area contributed by atoms with Crippen LogP contribution in [0.25, 0.3) is 21.3 Å². The fraction of sp³-hybridized carbons (Fsp3) is 0.184. The summed E-state index contributed by atoms with van der Waals surface area (Å²) in [5, 5.41) is 3.56. The minimum absolute atomic E-state index is 0.187. The Labute approximate surface area is 282 Å². The van der Waals surface area contributed by atoms with Gasteiger partial charge >= 0.3 is 5.97 Å². The summed E-state index contributed by atoms with van der Waals surface area (Å²) in [7, 11) is 0. The summed E-state index contributed by atoms with van der Waals surface area (Å²) in [5.74, 6) is 0.914. The topological polar surface area (TPSA) is 107 Å². The first-order valence-corrected chi connectivity index (χ1v) is 16.5. The van der Waals surface area contributed by atoms with Crippen LogP contribution in [-0.4, -0.2) is 39.0 Å². The average Bonchev–Trinajstić information content (AvgIpc) is 3.49. The number of nitrogens with zero attached hydrogens (tertiary/aromatic N) is 4. The highest BCUT2D eigenvalue weighted by Gasteiger charge is 2.27. The highest BCUT2D eigenvalue weighted by Crippen LogP contribution is 2.33. The van der Waals surface area contributed by atoms with Gasteiger partial charge in [0.15, 0.2) is 10.8 Å². The number of para-hydroxylation sites is 2. The maximum absolute atomic E-state index is 13.6. The highest BCUT2D eigenvalue weighted by atomic mass is 32.1. The van der Waals surface area contributed by atoms with Gasteiger partial charge in [0.05, 0.1) is 10.2 Å². The van der Waals surface area contributed by atoms with Gasteiger partial charge in [0.2, 0.25) is 5.88 Å². The van der Waals surface area contributed by atoms with Crippen LogP contribution in [0.5, 0.6) is 11.6 Å². The molecule has 1 amide bonds. The minimum atomic E-state index is -0.721. The number of ether oxygens (including phenoxy) is 2. The number of carbonyl (C=O) groups is 2. The molecule has 0 unspecified atom stereocenters. The number of amides is 1. The molecule has 4 heterocycles. The lowest BCUT2D eigenvalue weighted by atomic mass is 9.94. The summed E-state index contributed by atoms with van der Waals surface area (Å²) in [6.07, 6.45) is 2.36. The van der Waals surface area contributed by atoms with Crippen LogP contribution in [0, 0.1) is 0 Å². The van der Waals surface area contributed by atoms with Crippen molar-refractivity contribution in [2.45, 2.75) is 39.3 Å². The first kappa shape index (κ1) is 31.0. The van der Waals surface area contributed by atoms with Gasteiger partial charge in [0.25, 0.3) is 5.91 Å². The normalized spacial score (nSPS) is 12.8. The fourth-order valence-corrected chi connectivity index (χ4v) is 6.52. The molecule has 1 aliphatic heterocycles. The second-order valence-electron chi connectivity index (χ2n) is 12.4. The standard InChI is InChI=1S/C38H33N5O4S/c1-38(2,3)47-36(45)34-27(25-18-20-39-33(22-25)46-26-11-5-4-6-12-26)16-17-32(41-34)43-21-19-24-10-9-13-28(29(24)23-43)35(44)42-37-40-30-14-7-8-15-31(30)48-37/h4-18,20,22H,19,21,23H2,1-3H3,(H,40,42,44). The highest BCUT2D eigenvalue weighted by molar-refractivity contribution is 7.22. The number of hydrogen-bond acceptors (Lipinski definition) is 9. The third kappa shape index (κ3) is 6.74. The van der Waals surface area contributed by atoms with Crippen LogP contribution in [0.4, 0.5) is 10.9 Å². The van der Waals surface area contributed by atoms with Crippen LogP contribution in [0.1, 0.15) is 52.7 Å². The molecule has 3 aromatic heterocycles. The van der Waals surface area contributed by atoms with E-state index in [1.807, 2.05) is 106 Å². The first-order chi connectivity index (χ1) is 23.2. The van der Waals surface area contributed by atoms with Gasteiger partial charge in [-0.2, -0.15) is 0 Å². The lowest BCUT2D eigenvalue weighted by Crippen LogP contribution is -2.33. The van der Waals surface area contributed by atoms with Gasteiger partial charge in [-0.1, -0.05) is 53.8 Å². The maximum Gasteiger partial charge on any atom is 0.358 e. The Morgan fingerprint density at radius 1 is 0.896 bits per heavy atom. The molecular formula is C38H33N5O4S. The van der Waals surface area contributed by atoms with E-state index in [4.69, 9.17) is 14.5 Å². The Bertz CT molecular complexity index is 2110. The first-order valence-electron chi connectivity index (χ1n) is 15.7. The van der Waals surface area contributed by atoms with Gasteiger partial charge in [-0.25, -0.2) is 19.7 Å². The van der Waals surface area contributed by atoms with Crippen molar-refractivity contribution in [1.82, 2.24) is 15.0 Å². The fourth-order valence-electron chi connectivity index (χ4n) is 5.66. The van der Waals surface area contributed by atoms with Crippen molar-refractivity contribution in [2.75, 3.05) is 16.8 Å². The molecule has 0 fully saturated rings. The predicted molar refractivity (Wildman–Crippen MR) is 188 cm³/mol. The van der Waals surface area contributed by atoms with Crippen molar-refractivity contribution in [3.63, 3.8) is 0 Å². The van der Waals surface area contributed by atoms with E-state index in [2.05, 4.69) is 26.3 Å². The van der Waals surface area contributed by atoms with Crippen molar-refractivity contribution in [3.8, 4) is 22.8 Å². The van der Waals surface area contributed by atoms with Gasteiger partial charge in [-0.15, -0.1) is 0 Å². The Hall–Kier alpha value is -5.61. The van der Waals surface area contributed by atoms with Gasteiger partial charge in [0.1, 0.15) is 17.2 Å². The van der Waals surface area contributed by atoms with Gasteiger partial charge in [-0.05, 0) is 92.4 Å². The third-order valence-corrected chi connectivity index (χ3v) is 8.79. The van der Waals surface area contributed by atoms with Crippen LogP contribution in [0.3, 0.4) is 0 Å². The van der Waals surface area contributed by atoms with Crippen LogP contribution < -0.4 is 15.0 Å². The molecule has 7 rings (SSSR count). The largest absolute Gasteiger partial charge is 0.455 e. The molecule has 240 valence electrons. The molecule has 0 saturated carbocycles. The molecule has 0 radical (unpaired) electrons. The molecule has 0 atom stereocenters. The molecule has 48 heavy (non-hydrogen) atoms. The molecule has 3 aromatic carbocycles. The number of anilines is 2. The third-order valence-electron chi connectivity index (χ3n) is 7.84. The van der Waals surface area contributed by atoms with Crippen LogP contribution in [-0.2, 0) is 17.7 Å². The molecule has 0 spiro atoms. The Morgan fingerprint density at radius 2 is 1.71 bits per heavy atom. The number of fused-ring (bicyclic) bond motifs is 2. The Morgan fingerprint density at radius 3 is 2.52 bits per heavy atom. The molecule has 1 aliphatic rings. The molecule has 0 saturated heterocycles. The number of pyridine rings is 2. The number of rotatable bonds is 7. The minimum Gasteiger partial charge on any atom is -0.455 e. The number of carbonyl (C=O) groups excluding carboxylic acids is 2. The molecule has 10 heteroatoms. The zero-order chi connectivity index (χ0) is 33.3. The summed E-state index contributed by atoms with van der Waals surface area (Å²) in [4.78, 5) is 43.1. The molecule has 0 aliphatic carbocycles. The van der Waals surface area contributed by atoms with E-state index in [1.54, 1.807) is 12.3 Å². The second kappa shape index (κ2) is 12.9. The smallest absolute Gasteiger partial charge is 0.358 e. The average molecular weight is 656 g/mol. The zero-order valence-electron chi connectivity index (χ0n) is 26.8. The second-order valence-corrected chi connectivity index (χ2v) is 13.5. The maximum atomic E-state index is 13.6. The number of thiazole rings is 1. The van der Waals surface area contributed by atoms with Crippen LogP contribution in [0.2, 0.25) is 0 Å². The number of benzene rings is 3. The molecule has 6 aromatic rings.